The lowest BCUT2D eigenvalue weighted by Crippen LogP contribution is -2.46. The molecule has 2 aliphatic carbocycles. The van der Waals surface area contributed by atoms with Crippen molar-refractivity contribution in [2.24, 2.45) is 23.2 Å². The molecule has 1 N–H and O–H groups in total. The Kier molecular flexibility index (Phi) is 9.90. The number of carbonyl (C=O) groups excluding carboxylic acids is 1. The number of fused-ring (bicyclic) bond motifs is 1. The molecule has 0 saturated heterocycles. The van der Waals surface area contributed by atoms with E-state index in [1.807, 2.05) is 30.3 Å². The maximum absolute atomic E-state index is 12.8. The molecule has 204 valence electrons. The first-order valence-corrected chi connectivity index (χ1v) is 17.2. The van der Waals surface area contributed by atoms with E-state index in [-0.39, 0.29) is 35.1 Å². The van der Waals surface area contributed by atoms with Gasteiger partial charge in [0.2, 0.25) is 0 Å². The Bertz CT molecular complexity index is 828. The van der Waals surface area contributed by atoms with Crippen molar-refractivity contribution in [3.05, 3.63) is 35.9 Å². The SMILES string of the molecule is CC[Si](CC)(CC)OC(C)(C)CC[C@H](O)[C@@H](C)[C@H]1CC[C@H]2[C@@H](OC(=O)c3ccccc3)CCC[C@]12C. The second kappa shape index (κ2) is 12.1. The summed E-state index contributed by atoms with van der Waals surface area (Å²) in [4.78, 5) is 12.8. The van der Waals surface area contributed by atoms with Gasteiger partial charge in [-0.2, -0.15) is 0 Å². The summed E-state index contributed by atoms with van der Waals surface area (Å²) >= 11 is 0. The number of hydrogen-bond donors (Lipinski definition) is 1. The van der Waals surface area contributed by atoms with Crippen LogP contribution in [0.25, 0.3) is 0 Å². The lowest BCUT2D eigenvalue weighted by molar-refractivity contribution is -0.0596. The average molecular weight is 517 g/mol. The van der Waals surface area contributed by atoms with E-state index in [1.165, 1.54) is 0 Å². The van der Waals surface area contributed by atoms with Crippen LogP contribution in [-0.2, 0) is 9.16 Å². The Hall–Kier alpha value is -1.17. The zero-order valence-corrected chi connectivity index (χ0v) is 25.0. The summed E-state index contributed by atoms with van der Waals surface area (Å²) < 4.78 is 12.9. The molecule has 0 aliphatic heterocycles. The monoisotopic (exact) mass is 516 g/mol. The van der Waals surface area contributed by atoms with Gasteiger partial charge in [0.15, 0.2) is 8.32 Å². The number of rotatable bonds is 12. The fourth-order valence-corrected chi connectivity index (χ4v) is 10.8. The molecule has 5 heteroatoms. The van der Waals surface area contributed by atoms with Crippen molar-refractivity contribution in [3.8, 4) is 0 Å². The Balaban J connectivity index is 1.61. The first-order valence-electron chi connectivity index (χ1n) is 14.6. The summed E-state index contributed by atoms with van der Waals surface area (Å²) in [5, 5.41) is 11.3. The first kappa shape index (κ1) is 29.4. The molecule has 3 rings (SSSR count). The van der Waals surface area contributed by atoms with Gasteiger partial charge in [0.05, 0.1) is 17.3 Å². The number of hydrogen-bond acceptors (Lipinski definition) is 4. The molecule has 0 amide bonds. The molecule has 0 bridgehead atoms. The van der Waals surface area contributed by atoms with Gasteiger partial charge in [-0.15, -0.1) is 0 Å². The Morgan fingerprint density at radius 1 is 1.11 bits per heavy atom. The summed E-state index contributed by atoms with van der Waals surface area (Å²) in [5.41, 5.74) is 0.550. The number of aliphatic hydroxyl groups is 1. The van der Waals surface area contributed by atoms with Crippen LogP contribution in [0, 0.1) is 23.2 Å². The average Bonchev–Trinajstić information content (AvgIpc) is 3.23. The van der Waals surface area contributed by atoms with Crippen LogP contribution in [0.4, 0.5) is 0 Å². The van der Waals surface area contributed by atoms with Gasteiger partial charge in [0.1, 0.15) is 6.10 Å². The van der Waals surface area contributed by atoms with Crippen molar-refractivity contribution in [2.45, 2.75) is 129 Å². The van der Waals surface area contributed by atoms with E-state index in [2.05, 4.69) is 48.5 Å². The van der Waals surface area contributed by atoms with Gasteiger partial charge in [-0.25, -0.2) is 4.79 Å². The molecule has 1 aromatic carbocycles. The third-order valence-electron chi connectivity index (χ3n) is 10.1. The molecule has 0 spiro atoms. The van der Waals surface area contributed by atoms with Crippen molar-refractivity contribution in [1.29, 1.82) is 0 Å². The minimum Gasteiger partial charge on any atom is -0.458 e. The van der Waals surface area contributed by atoms with Crippen LogP contribution in [0.15, 0.2) is 30.3 Å². The second-order valence-corrected chi connectivity index (χ2v) is 17.3. The highest BCUT2D eigenvalue weighted by Gasteiger charge is 2.54. The molecule has 0 heterocycles. The highest BCUT2D eigenvalue weighted by atomic mass is 28.4. The molecule has 0 aromatic heterocycles. The summed E-state index contributed by atoms with van der Waals surface area (Å²) in [5.74, 6) is 0.859. The lowest BCUT2D eigenvalue weighted by atomic mass is 9.61. The molecule has 0 unspecified atom stereocenters. The quantitative estimate of drug-likeness (QED) is 0.226. The standard InChI is InChI=1S/C31H52O4Si/c1-8-36(9-2,10-3)35-30(5,6)22-20-27(32)23(4)25-18-19-26-28(17-14-21-31(25,26)7)34-29(33)24-15-12-11-13-16-24/h11-13,15-16,23,25-28,32H,8-10,14,17-22H2,1-7H3/t23-,25+,26-,27-,28-,31+/m0/s1. The van der Waals surface area contributed by atoms with E-state index in [9.17, 15) is 9.90 Å². The summed E-state index contributed by atoms with van der Waals surface area (Å²) in [6.45, 7) is 15.9. The van der Waals surface area contributed by atoms with Crippen LogP contribution in [0.2, 0.25) is 18.1 Å². The molecule has 0 radical (unpaired) electrons. The molecule has 2 saturated carbocycles. The number of ether oxygens (including phenoxy) is 1. The van der Waals surface area contributed by atoms with Crippen molar-refractivity contribution >= 4 is 14.3 Å². The van der Waals surface area contributed by atoms with Gasteiger partial charge in [-0.05, 0) is 106 Å². The van der Waals surface area contributed by atoms with E-state index in [1.54, 1.807) is 0 Å². The van der Waals surface area contributed by atoms with Gasteiger partial charge in [-0.1, -0.05) is 52.8 Å². The van der Waals surface area contributed by atoms with Gasteiger partial charge < -0.3 is 14.3 Å². The Morgan fingerprint density at radius 3 is 2.36 bits per heavy atom. The topological polar surface area (TPSA) is 55.8 Å². The minimum absolute atomic E-state index is 0.0201. The van der Waals surface area contributed by atoms with E-state index in [0.29, 0.717) is 17.4 Å². The third-order valence-corrected chi connectivity index (χ3v) is 15.0. The molecule has 36 heavy (non-hydrogen) atoms. The summed E-state index contributed by atoms with van der Waals surface area (Å²) in [6, 6.07) is 12.8. The van der Waals surface area contributed by atoms with E-state index in [0.717, 1.165) is 63.1 Å². The maximum Gasteiger partial charge on any atom is 0.338 e. The van der Waals surface area contributed by atoms with Crippen molar-refractivity contribution in [3.63, 3.8) is 0 Å². The van der Waals surface area contributed by atoms with Gasteiger partial charge in [-0.3, -0.25) is 0 Å². The number of aliphatic hydroxyl groups excluding tert-OH is 1. The largest absolute Gasteiger partial charge is 0.458 e. The number of esters is 1. The van der Waals surface area contributed by atoms with E-state index >= 15 is 0 Å². The van der Waals surface area contributed by atoms with Crippen LogP contribution in [0.5, 0.6) is 0 Å². The lowest BCUT2D eigenvalue weighted by Gasteiger charge is -2.47. The molecule has 1 aromatic rings. The first-order chi connectivity index (χ1) is 17.0. The maximum atomic E-state index is 12.8. The number of benzene rings is 1. The molecular formula is C31H52O4Si. The Labute approximate surface area is 221 Å². The number of carbonyl (C=O) groups is 1. The molecule has 2 aliphatic rings. The van der Waals surface area contributed by atoms with Crippen molar-refractivity contribution in [1.82, 2.24) is 0 Å². The zero-order chi connectivity index (χ0) is 26.6. The van der Waals surface area contributed by atoms with Crippen LogP contribution in [-0.4, -0.2) is 37.2 Å². The minimum atomic E-state index is -1.68. The van der Waals surface area contributed by atoms with Crippen LogP contribution >= 0.6 is 0 Å². The van der Waals surface area contributed by atoms with Crippen LogP contribution in [0.1, 0.15) is 104 Å². The van der Waals surface area contributed by atoms with E-state index < -0.39 is 8.32 Å². The van der Waals surface area contributed by atoms with E-state index in [4.69, 9.17) is 9.16 Å². The predicted octanol–water partition coefficient (Wildman–Crippen LogP) is 8.01. The zero-order valence-electron chi connectivity index (χ0n) is 24.0. The molecular weight excluding hydrogens is 464 g/mol. The van der Waals surface area contributed by atoms with Crippen LogP contribution in [0.3, 0.4) is 0 Å². The van der Waals surface area contributed by atoms with Crippen molar-refractivity contribution in [2.75, 3.05) is 0 Å². The predicted molar refractivity (Wildman–Crippen MR) is 151 cm³/mol. The van der Waals surface area contributed by atoms with Crippen LogP contribution < -0.4 is 0 Å². The highest BCUT2D eigenvalue weighted by Crippen LogP contribution is 2.59. The second-order valence-electron chi connectivity index (χ2n) is 12.6. The third kappa shape index (κ3) is 6.45. The Morgan fingerprint density at radius 2 is 1.75 bits per heavy atom. The molecule has 6 atom stereocenters. The fraction of sp³-hybridized carbons (Fsp3) is 0.774. The van der Waals surface area contributed by atoms with Gasteiger partial charge in [0, 0.05) is 5.92 Å². The van der Waals surface area contributed by atoms with Gasteiger partial charge >= 0.3 is 5.97 Å². The fourth-order valence-electron chi connectivity index (χ4n) is 7.57. The molecule has 4 nitrogen and oxygen atoms in total. The molecule has 2 fully saturated rings. The normalized spacial score (nSPS) is 28.4. The van der Waals surface area contributed by atoms with Crippen molar-refractivity contribution < 1.29 is 19.1 Å². The highest BCUT2D eigenvalue weighted by molar-refractivity contribution is 6.73. The smallest absolute Gasteiger partial charge is 0.338 e. The summed E-state index contributed by atoms with van der Waals surface area (Å²) in [7, 11) is -1.68. The summed E-state index contributed by atoms with van der Waals surface area (Å²) in [6.07, 6.45) is 6.69. The van der Waals surface area contributed by atoms with Gasteiger partial charge in [0.25, 0.3) is 0 Å².